The number of aliphatic hydroxyl groups excluding tert-OH is 1. The van der Waals surface area contributed by atoms with Gasteiger partial charge in [0.2, 0.25) is 0 Å². The predicted molar refractivity (Wildman–Crippen MR) is 85.2 cm³/mol. The maximum Gasteiger partial charge on any atom is 0.0807 e. The molecule has 1 heterocycles. The fraction of sp³-hybridized carbons (Fsp3) is 0.412. The highest BCUT2D eigenvalue weighted by Crippen LogP contribution is 2.37. The normalized spacial score (nSPS) is 16.1. The first-order valence-electron chi connectivity index (χ1n) is 7.34. The lowest BCUT2D eigenvalue weighted by atomic mass is 10.0. The molecular weight excluding hydrogens is 266 g/mol. The van der Waals surface area contributed by atoms with E-state index in [9.17, 15) is 5.11 Å². The van der Waals surface area contributed by atoms with Crippen molar-refractivity contribution >= 4 is 17.0 Å². The van der Waals surface area contributed by atoms with Crippen molar-refractivity contribution in [1.29, 1.82) is 0 Å². The molecule has 3 heteroatoms. The van der Waals surface area contributed by atoms with Crippen molar-refractivity contribution in [3.05, 3.63) is 52.2 Å². The lowest BCUT2D eigenvalue weighted by molar-refractivity contribution is 0.174. The standard InChI is InChI=1S/C17H21NOS/c1-2-17(19)15-5-3-4-6-16(15)18(14-7-8-14)11-13-9-10-20-12-13/h3-6,9-10,12,14,17,19H,2,7-8,11H2,1H3/t17-/m1/s1. The third kappa shape index (κ3) is 2.89. The molecule has 1 aliphatic rings. The third-order valence-corrected chi connectivity index (χ3v) is 4.64. The molecule has 0 amide bonds. The fourth-order valence-electron chi connectivity index (χ4n) is 2.63. The van der Waals surface area contributed by atoms with E-state index in [0.29, 0.717) is 6.04 Å². The minimum Gasteiger partial charge on any atom is -0.388 e. The summed E-state index contributed by atoms with van der Waals surface area (Å²) in [6.07, 6.45) is 2.92. The van der Waals surface area contributed by atoms with E-state index in [4.69, 9.17) is 0 Å². The number of nitrogens with zero attached hydrogens (tertiary/aromatic N) is 1. The van der Waals surface area contributed by atoms with Crippen molar-refractivity contribution in [3.63, 3.8) is 0 Å². The van der Waals surface area contributed by atoms with Crippen LogP contribution in [0.25, 0.3) is 0 Å². The molecule has 1 saturated carbocycles. The summed E-state index contributed by atoms with van der Waals surface area (Å²) in [7, 11) is 0. The summed E-state index contributed by atoms with van der Waals surface area (Å²) in [5, 5.41) is 14.6. The Bertz CT molecular complexity index is 548. The second-order valence-electron chi connectivity index (χ2n) is 5.47. The van der Waals surface area contributed by atoms with Crippen LogP contribution in [0.1, 0.15) is 43.4 Å². The average molecular weight is 287 g/mol. The molecule has 0 radical (unpaired) electrons. The Morgan fingerprint density at radius 3 is 2.75 bits per heavy atom. The van der Waals surface area contributed by atoms with E-state index in [1.807, 2.05) is 13.0 Å². The number of anilines is 1. The number of hydrogen-bond acceptors (Lipinski definition) is 3. The Labute approximate surface area is 124 Å². The van der Waals surface area contributed by atoms with Crippen molar-refractivity contribution in [2.75, 3.05) is 4.90 Å². The Kier molecular flexibility index (Phi) is 4.08. The van der Waals surface area contributed by atoms with Crippen molar-refractivity contribution < 1.29 is 5.11 Å². The number of rotatable bonds is 6. The van der Waals surface area contributed by atoms with Crippen molar-refractivity contribution in [3.8, 4) is 0 Å². The molecule has 0 spiro atoms. The van der Waals surface area contributed by atoms with Crippen LogP contribution in [0.4, 0.5) is 5.69 Å². The number of thiophene rings is 1. The maximum absolute atomic E-state index is 10.3. The van der Waals surface area contributed by atoms with Crippen LogP contribution in [-0.2, 0) is 6.54 Å². The van der Waals surface area contributed by atoms with E-state index in [0.717, 1.165) is 18.5 Å². The molecule has 0 bridgehead atoms. The number of para-hydroxylation sites is 1. The van der Waals surface area contributed by atoms with Gasteiger partial charge in [-0.3, -0.25) is 0 Å². The Balaban J connectivity index is 1.91. The van der Waals surface area contributed by atoms with Crippen LogP contribution >= 0.6 is 11.3 Å². The quantitative estimate of drug-likeness (QED) is 0.853. The molecule has 20 heavy (non-hydrogen) atoms. The molecule has 1 aliphatic carbocycles. The van der Waals surface area contributed by atoms with Crippen LogP contribution in [0.15, 0.2) is 41.1 Å². The van der Waals surface area contributed by atoms with E-state index in [1.54, 1.807) is 11.3 Å². The summed E-state index contributed by atoms with van der Waals surface area (Å²) in [6, 6.07) is 11.1. The summed E-state index contributed by atoms with van der Waals surface area (Å²) >= 11 is 1.75. The van der Waals surface area contributed by atoms with Gasteiger partial charge in [-0.1, -0.05) is 25.1 Å². The number of aliphatic hydroxyl groups is 1. The molecule has 3 rings (SSSR count). The summed E-state index contributed by atoms with van der Waals surface area (Å²) in [5.74, 6) is 0. The fourth-order valence-corrected chi connectivity index (χ4v) is 3.29. The minimum absolute atomic E-state index is 0.366. The van der Waals surface area contributed by atoms with Gasteiger partial charge in [-0.05, 0) is 47.7 Å². The molecule has 1 atom stereocenters. The largest absolute Gasteiger partial charge is 0.388 e. The molecule has 0 unspecified atom stereocenters. The monoisotopic (exact) mass is 287 g/mol. The minimum atomic E-state index is -0.366. The summed E-state index contributed by atoms with van der Waals surface area (Å²) in [4.78, 5) is 2.47. The molecule has 1 N–H and O–H groups in total. The van der Waals surface area contributed by atoms with Crippen molar-refractivity contribution in [1.82, 2.24) is 0 Å². The van der Waals surface area contributed by atoms with Gasteiger partial charge >= 0.3 is 0 Å². The van der Waals surface area contributed by atoms with Crippen molar-refractivity contribution in [2.24, 2.45) is 0 Å². The SMILES string of the molecule is CC[C@@H](O)c1ccccc1N(Cc1ccsc1)C1CC1. The van der Waals surface area contributed by atoms with E-state index in [-0.39, 0.29) is 6.10 Å². The lowest BCUT2D eigenvalue weighted by Gasteiger charge is -2.28. The Hall–Kier alpha value is -1.32. The van der Waals surface area contributed by atoms with Crippen LogP contribution in [-0.4, -0.2) is 11.1 Å². The van der Waals surface area contributed by atoms with Gasteiger partial charge in [0.1, 0.15) is 0 Å². The maximum atomic E-state index is 10.3. The van der Waals surface area contributed by atoms with Gasteiger partial charge in [-0.2, -0.15) is 11.3 Å². The summed E-state index contributed by atoms with van der Waals surface area (Å²) in [6.45, 7) is 2.98. The highest BCUT2D eigenvalue weighted by atomic mass is 32.1. The van der Waals surface area contributed by atoms with E-state index < -0.39 is 0 Å². The molecule has 0 saturated heterocycles. The average Bonchev–Trinajstić information content (AvgIpc) is 3.20. The van der Waals surface area contributed by atoms with Crippen molar-refractivity contribution in [2.45, 2.75) is 44.9 Å². The van der Waals surface area contributed by atoms with Gasteiger partial charge < -0.3 is 10.0 Å². The second-order valence-corrected chi connectivity index (χ2v) is 6.25. The molecule has 0 aliphatic heterocycles. The van der Waals surface area contributed by atoms with Crippen LogP contribution in [0.2, 0.25) is 0 Å². The third-order valence-electron chi connectivity index (χ3n) is 3.91. The van der Waals surface area contributed by atoms with E-state index >= 15 is 0 Å². The van der Waals surface area contributed by atoms with E-state index in [2.05, 4.69) is 39.9 Å². The van der Waals surface area contributed by atoms with Gasteiger partial charge in [-0.15, -0.1) is 0 Å². The van der Waals surface area contributed by atoms with Gasteiger partial charge in [-0.25, -0.2) is 0 Å². The first-order chi connectivity index (χ1) is 9.79. The highest BCUT2D eigenvalue weighted by Gasteiger charge is 2.31. The summed E-state index contributed by atoms with van der Waals surface area (Å²) in [5.41, 5.74) is 3.63. The molecule has 106 valence electrons. The zero-order valence-corrected chi connectivity index (χ0v) is 12.6. The van der Waals surface area contributed by atoms with Crippen LogP contribution in [0, 0.1) is 0 Å². The van der Waals surface area contributed by atoms with Gasteiger partial charge in [0.25, 0.3) is 0 Å². The van der Waals surface area contributed by atoms with Crippen LogP contribution < -0.4 is 4.90 Å². The molecule has 1 aromatic carbocycles. The molecule has 2 nitrogen and oxygen atoms in total. The topological polar surface area (TPSA) is 23.5 Å². The number of benzene rings is 1. The zero-order chi connectivity index (χ0) is 13.9. The predicted octanol–water partition coefficient (Wildman–Crippen LogP) is 4.36. The van der Waals surface area contributed by atoms with Crippen LogP contribution in [0.3, 0.4) is 0 Å². The highest BCUT2D eigenvalue weighted by molar-refractivity contribution is 7.07. The molecule has 1 aromatic heterocycles. The van der Waals surface area contributed by atoms with Gasteiger partial charge in [0, 0.05) is 23.8 Å². The molecule has 1 fully saturated rings. The Morgan fingerprint density at radius 2 is 2.10 bits per heavy atom. The van der Waals surface area contributed by atoms with Gasteiger partial charge in [0.05, 0.1) is 6.10 Å². The first-order valence-corrected chi connectivity index (χ1v) is 8.28. The lowest BCUT2D eigenvalue weighted by Crippen LogP contribution is -2.26. The second kappa shape index (κ2) is 5.98. The Morgan fingerprint density at radius 1 is 1.30 bits per heavy atom. The molecular formula is C17H21NOS. The zero-order valence-electron chi connectivity index (χ0n) is 11.8. The first kappa shape index (κ1) is 13.7. The number of hydrogen-bond donors (Lipinski definition) is 1. The van der Waals surface area contributed by atoms with E-state index in [1.165, 1.54) is 24.1 Å². The molecule has 2 aromatic rings. The summed E-state index contributed by atoms with van der Waals surface area (Å²) < 4.78 is 0. The van der Waals surface area contributed by atoms with Gasteiger partial charge in [0.15, 0.2) is 0 Å². The smallest absolute Gasteiger partial charge is 0.0807 e. The van der Waals surface area contributed by atoms with Crippen LogP contribution in [0.5, 0.6) is 0 Å².